The predicted molar refractivity (Wildman–Crippen MR) is 236 cm³/mol. The van der Waals surface area contributed by atoms with Crippen LogP contribution in [0.3, 0.4) is 0 Å². The van der Waals surface area contributed by atoms with Crippen LogP contribution in [0.5, 0.6) is 0 Å². The van der Waals surface area contributed by atoms with E-state index in [1.807, 2.05) is 24.5 Å². The number of piperidine rings is 6. The minimum Gasteiger partial charge on any atom is -0.363 e. The summed E-state index contributed by atoms with van der Waals surface area (Å²) in [6.45, 7) is 21.0. The highest BCUT2D eigenvalue weighted by molar-refractivity contribution is 5.83. The number of hydrogen-bond donors (Lipinski definition) is 0. The number of para-hydroxylation sites is 2. The second kappa shape index (κ2) is 16.8. The first-order valence-corrected chi connectivity index (χ1v) is 22.4. The Bertz CT molecular complexity index is 2080. The standard InChI is InChI=1S/C52H64N4O2/c1-5-28-57-51(45-20-24-53-47-18-11-9-16-43(45)47)49-31-41-22-26-55(49,35-39(41)7-3)33-37-14-13-15-38(30-37)34-56-27-23-42(40(8-4)36-56)32-50(56)52(58-29-6-2)46-21-25-54-48-19-12-10-17-44(46)48/h5-6,9-21,24-25,30,39-42,49-52H,1-2,7-8,22-23,26-29,31-36H2,3-4H3/q+2/t39?,40?,41?,42?,49?,50?,51-,52-,55?,56?/m0/s1. The molecule has 5 aromatic rings. The molecule has 8 unspecified atom stereocenters. The van der Waals surface area contributed by atoms with E-state index in [1.165, 1.54) is 97.7 Å². The molecule has 0 spiro atoms. The number of nitrogens with zero attached hydrogens (tertiary/aromatic N) is 4. The number of quaternary nitrogens is 2. The molecule has 0 saturated carbocycles. The van der Waals surface area contributed by atoms with Gasteiger partial charge in [-0.2, -0.15) is 0 Å². The van der Waals surface area contributed by atoms with Gasteiger partial charge in [0, 0.05) is 71.8 Å². The number of aromatic nitrogens is 2. The van der Waals surface area contributed by atoms with E-state index in [0.717, 1.165) is 56.8 Å². The summed E-state index contributed by atoms with van der Waals surface area (Å²) in [6, 6.07) is 32.2. The predicted octanol–water partition coefficient (Wildman–Crippen LogP) is 10.9. The summed E-state index contributed by atoms with van der Waals surface area (Å²) >= 11 is 0. The average Bonchev–Trinajstić information content (AvgIpc) is 3.27. The van der Waals surface area contributed by atoms with Crippen LogP contribution in [0.15, 0.2) is 123 Å². The molecule has 6 aliphatic heterocycles. The van der Waals surface area contributed by atoms with Crippen LogP contribution in [-0.4, -0.2) is 70.4 Å². The first-order chi connectivity index (χ1) is 28.5. The van der Waals surface area contributed by atoms with Gasteiger partial charge in [-0.1, -0.05) is 80.6 Å². The SMILES string of the molecule is C=CCO[C@@H](c1ccnc2ccccc12)C1CC2CC[N+]1(Cc1cccc(C[N+]34CCC(CC3[C@@H](OCC=C)c3ccnc5ccccc35)C(CC)C4)c1)CC2CC. The lowest BCUT2D eigenvalue weighted by Crippen LogP contribution is -2.68. The zero-order valence-electron chi connectivity index (χ0n) is 34.9. The van der Waals surface area contributed by atoms with E-state index in [4.69, 9.17) is 19.4 Å². The van der Waals surface area contributed by atoms with Gasteiger partial charge in [0.2, 0.25) is 0 Å². The zero-order chi connectivity index (χ0) is 39.7. The van der Waals surface area contributed by atoms with Gasteiger partial charge in [-0.25, -0.2) is 0 Å². The van der Waals surface area contributed by atoms with Gasteiger partial charge in [0.15, 0.2) is 0 Å². The molecule has 6 fully saturated rings. The lowest BCUT2D eigenvalue weighted by atomic mass is 9.70. The maximum Gasteiger partial charge on any atom is 0.135 e. The van der Waals surface area contributed by atoms with Crippen LogP contribution in [0, 0.1) is 23.7 Å². The highest BCUT2D eigenvalue weighted by Crippen LogP contribution is 2.51. The maximum atomic E-state index is 6.93. The zero-order valence-corrected chi connectivity index (χ0v) is 34.9. The summed E-state index contributed by atoms with van der Waals surface area (Å²) in [6.07, 6.45) is 15.3. The molecule has 11 rings (SSSR count). The first-order valence-electron chi connectivity index (χ1n) is 22.4. The second-order valence-electron chi connectivity index (χ2n) is 18.3. The molecule has 6 heteroatoms. The van der Waals surface area contributed by atoms with Crippen LogP contribution < -0.4 is 0 Å². The molecule has 302 valence electrons. The van der Waals surface area contributed by atoms with Crippen LogP contribution in [0.1, 0.15) is 86.8 Å². The molecule has 0 radical (unpaired) electrons. The van der Waals surface area contributed by atoms with Gasteiger partial charge in [0.05, 0.1) is 50.4 Å². The molecule has 6 aliphatic rings. The van der Waals surface area contributed by atoms with Crippen molar-refractivity contribution in [2.45, 2.75) is 89.8 Å². The number of hydrogen-bond acceptors (Lipinski definition) is 4. The van der Waals surface area contributed by atoms with Gasteiger partial charge in [-0.05, 0) is 66.1 Å². The van der Waals surface area contributed by atoms with Crippen LogP contribution in [-0.2, 0) is 22.6 Å². The minimum atomic E-state index is -0.0221. The molecule has 58 heavy (non-hydrogen) atoms. The Balaban J connectivity index is 1.07. The number of fused-ring (bicyclic) bond motifs is 8. The molecular formula is C52H64N4O2+2. The van der Waals surface area contributed by atoms with Crippen molar-refractivity contribution in [3.8, 4) is 0 Å². The van der Waals surface area contributed by atoms with Gasteiger partial charge in [-0.15, -0.1) is 13.2 Å². The van der Waals surface area contributed by atoms with Crippen LogP contribution >= 0.6 is 0 Å². The van der Waals surface area contributed by atoms with Crippen molar-refractivity contribution in [1.82, 2.24) is 9.97 Å². The quantitative estimate of drug-likeness (QED) is 0.0739. The molecule has 6 nitrogen and oxygen atoms in total. The third kappa shape index (κ3) is 7.25. The Labute approximate surface area is 346 Å². The fraction of sp³-hybridized carbons (Fsp3) is 0.462. The van der Waals surface area contributed by atoms with Crippen LogP contribution in [0.4, 0.5) is 0 Å². The summed E-state index contributed by atoms with van der Waals surface area (Å²) in [7, 11) is 0. The summed E-state index contributed by atoms with van der Waals surface area (Å²) in [5.41, 5.74) is 7.57. The molecule has 4 bridgehead atoms. The van der Waals surface area contributed by atoms with Gasteiger partial charge in [0.25, 0.3) is 0 Å². The van der Waals surface area contributed by atoms with Crippen molar-refractivity contribution >= 4 is 21.8 Å². The summed E-state index contributed by atoms with van der Waals surface area (Å²) in [4.78, 5) is 9.51. The van der Waals surface area contributed by atoms with Crippen molar-refractivity contribution in [2.24, 2.45) is 23.7 Å². The molecule has 3 aromatic carbocycles. The molecule has 0 N–H and O–H groups in total. The van der Waals surface area contributed by atoms with Crippen molar-refractivity contribution in [1.29, 1.82) is 0 Å². The Morgan fingerprint density at radius 1 is 0.638 bits per heavy atom. The number of benzene rings is 3. The molecule has 2 aromatic heterocycles. The van der Waals surface area contributed by atoms with Crippen molar-refractivity contribution in [2.75, 3.05) is 39.4 Å². The summed E-state index contributed by atoms with van der Waals surface area (Å²) < 4.78 is 16.0. The van der Waals surface area contributed by atoms with Crippen molar-refractivity contribution in [3.05, 3.63) is 145 Å². The third-order valence-electron chi connectivity index (χ3n) is 15.4. The summed E-state index contributed by atoms with van der Waals surface area (Å²) in [5.74, 6) is 3.00. The lowest BCUT2D eigenvalue weighted by Gasteiger charge is -2.59. The number of pyridine rings is 2. The maximum absolute atomic E-state index is 6.93. The topological polar surface area (TPSA) is 44.2 Å². The van der Waals surface area contributed by atoms with E-state index in [0.29, 0.717) is 25.3 Å². The Morgan fingerprint density at radius 3 is 1.55 bits per heavy atom. The minimum absolute atomic E-state index is 0.0221. The van der Waals surface area contributed by atoms with Gasteiger partial charge in [-0.3, -0.25) is 9.97 Å². The Hall–Kier alpha value is -4.20. The normalized spacial score (nSPS) is 30.0. The second-order valence-corrected chi connectivity index (χ2v) is 18.3. The van der Waals surface area contributed by atoms with Gasteiger partial charge in [0.1, 0.15) is 37.4 Å². The summed E-state index contributed by atoms with van der Waals surface area (Å²) in [5, 5.41) is 2.42. The molecule has 6 saturated heterocycles. The van der Waals surface area contributed by atoms with Crippen LogP contribution in [0.2, 0.25) is 0 Å². The highest BCUT2D eigenvalue weighted by Gasteiger charge is 2.56. The molecule has 10 atom stereocenters. The van der Waals surface area contributed by atoms with Gasteiger partial charge >= 0.3 is 0 Å². The van der Waals surface area contributed by atoms with Crippen molar-refractivity contribution < 1.29 is 18.4 Å². The Morgan fingerprint density at radius 2 is 1.10 bits per heavy atom. The van der Waals surface area contributed by atoms with E-state index in [-0.39, 0.29) is 12.2 Å². The fourth-order valence-corrected chi connectivity index (χ4v) is 12.7. The largest absolute Gasteiger partial charge is 0.363 e. The van der Waals surface area contributed by atoms with Crippen LogP contribution in [0.25, 0.3) is 21.8 Å². The van der Waals surface area contributed by atoms with Crippen molar-refractivity contribution in [3.63, 3.8) is 0 Å². The van der Waals surface area contributed by atoms with E-state index in [9.17, 15) is 0 Å². The smallest absolute Gasteiger partial charge is 0.135 e. The first kappa shape index (κ1) is 39.3. The third-order valence-corrected chi connectivity index (χ3v) is 15.4. The molecule has 0 amide bonds. The van der Waals surface area contributed by atoms with E-state index >= 15 is 0 Å². The Kier molecular flexibility index (Phi) is 11.4. The van der Waals surface area contributed by atoms with E-state index in [1.54, 1.807) is 0 Å². The highest BCUT2D eigenvalue weighted by atomic mass is 16.5. The average molecular weight is 777 g/mol. The monoisotopic (exact) mass is 777 g/mol. The van der Waals surface area contributed by atoms with Gasteiger partial charge < -0.3 is 18.4 Å². The van der Waals surface area contributed by atoms with E-state index in [2.05, 4.69) is 112 Å². The van der Waals surface area contributed by atoms with E-state index < -0.39 is 0 Å². The molecule has 8 heterocycles. The number of ether oxygens (including phenoxy) is 2. The lowest BCUT2D eigenvalue weighted by molar-refractivity contribution is -0.986. The number of rotatable bonds is 16. The molecule has 0 aliphatic carbocycles. The fourth-order valence-electron chi connectivity index (χ4n) is 12.7. The molecular weight excluding hydrogens is 713 g/mol.